The van der Waals surface area contributed by atoms with E-state index in [-0.39, 0.29) is 5.75 Å². The smallest absolute Gasteiger partial charge is 0.213 e. The molecule has 112 valence electrons. The van der Waals surface area contributed by atoms with E-state index in [0.717, 1.165) is 22.0 Å². The molecular weight excluding hydrogens is 306 g/mol. The van der Waals surface area contributed by atoms with Crippen LogP contribution in [0.2, 0.25) is 0 Å². The molecule has 0 saturated carbocycles. The standard InChI is InChI=1S/C14H17N3O2S2/c1-16-21(18,19)9-8-17-13-7-6-12(14(15)20)10-4-2-3-5-11(10)13/h2-7,16-17H,8-9H2,1H3,(H2,15,20). The zero-order valence-electron chi connectivity index (χ0n) is 11.6. The Kier molecular flexibility index (Phi) is 4.76. The van der Waals surface area contributed by atoms with E-state index in [0.29, 0.717) is 11.5 Å². The van der Waals surface area contributed by atoms with Crippen LogP contribution in [0.3, 0.4) is 0 Å². The third-order valence-electron chi connectivity index (χ3n) is 3.19. The maximum Gasteiger partial charge on any atom is 0.213 e. The molecule has 0 heterocycles. The van der Waals surface area contributed by atoms with Crippen LogP contribution < -0.4 is 15.8 Å². The first kappa shape index (κ1) is 15.7. The van der Waals surface area contributed by atoms with Crippen LogP contribution in [0.4, 0.5) is 5.69 Å². The molecule has 0 unspecified atom stereocenters. The molecule has 0 aliphatic rings. The highest BCUT2D eigenvalue weighted by atomic mass is 32.2. The SMILES string of the molecule is CNS(=O)(=O)CCNc1ccc(C(N)=S)c2ccccc12. The van der Waals surface area contributed by atoms with Crippen molar-refractivity contribution >= 4 is 43.7 Å². The van der Waals surface area contributed by atoms with E-state index < -0.39 is 10.0 Å². The van der Waals surface area contributed by atoms with E-state index in [9.17, 15) is 8.42 Å². The van der Waals surface area contributed by atoms with Gasteiger partial charge in [0.2, 0.25) is 10.0 Å². The topological polar surface area (TPSA) is 84.2 Å². The Morgan fingerprint density at radius 2 is 1.86 bits per heavy atom. The van der Waals surface area contributed by atoms with Gasteiger partial charge in [0.05, 0.1) is 5.75 Å². The molecule has 0 aliphatic carbocycles. The Bertz CT molecular complexity index is 773. The van der Waals surface area contributed by atoms with Crippen molar-refractivity contribution in [2.75, 3.05) is 24.7 Å². The van der Waals surface area contributed by atoms with Crippen molar-refractivity contribution in [3.8, 4) is 0 Å². The molecular formula is C14H17N3O2S2. The second kappa shape index (κ2) is 6.38. The summed E-state index contributed by atoms with van der Waals surface area (Å²) in [5, 5.41) is 5.05. The summed E-state index contributed by atoms with van der Waals surface area (Å²) >= 11 is 5.05. The van der Waals surface area contributed by atoms with Crippen LogP contribution in [0.1, 0.15) is 5.56 Å². The van der Waals surface area contributed by atoms with Crippen molar-refractivity contribution in [2.24, 2.45) is 5.73 Å². The van der Waals surface area contributed by atoms with Crippen molar-refractivity contribution in [3.63, 3.8) is 0 Å². The van der Waals surface area contributed by atoms with Crippen LogP contribution in [0.25, 0.3) is 10.8 Å². The predicted octanol–water partition coefficient (Wildman–Crippen LogP) is 1.44. The Balaban J connectivity index is 2.30. The molecule has 2 rings (SSSR count). The minimum atomic E-state index is -3.22. The highest BCUT2D eigenvalue weighted by molar-refractivity contribution is 7.89. The van der Waals surface area contributed by atoms with Gasteiger partial charge in [-0.2, -0.15) is 0 Å². The zero-order chi connectivity index (χ0) is 15.5. The Hall–Kier alpha value is -1.70. The Morgan fingerprint density at radius 1 is 1.19 bits per heavy atom. The third kappa shape index (κ3) is 3.69. The van der Waals surface area contributed by atoms with E-state index in [1.54, 1.807) is 0 Å². The van der Waals surface area contributed by atoms with Gasteiger partial charge in [-0.05, 0) is 24.6 Å². The molecule has 0 bridgehead atoms. The van der Waals surface area contributed by atoms with Gasteiger partial charge < -0.3 is 11.1 Å². The van der Waals surface area contributed by atoms with Gasteiger partial charge in [-0.15, -0.1) is 0 Å². The molecule has 2 aromatic carbocycles. The first-order valence-electron chi connectivity index (χ1n) is 6.41. The number of nitrogens with two attached hydrogens (primary N) is 1. The van der Waals surface area contributed by atoms with Gasteiger partial charge in [0, 0.05) is 23.2 Å². The molecule has 0 amide bonds. The van der Waals surface area contributed by atoms with Crippen molar-refractivity contribution in [2.45, 2.75) is 0 Å². The van der Waals surface area contributed by atoms with Crippen LogP contribution in [0, 0.1) is 0 Å². The molecule has 7 heteroatoms. The molecule has 2 aromatic rings. The van der Waals surface area contributed by atoms with Crippen LogP contribution in [0.5, 0.6) is 0 Å². The maximum absolute atomic E-state index is 11.4. The predicted molar refractivity (Wildman–Crippen MR) is 91.2 cm³/mol. The van der Waals surface area contributed by atoms with Gasteiger partial charge in [0.25, 0.3) is 0 Å². The van der Waals surface area contributed by atoms with Crippen molar-refractivity contribution < 1.29 is 8.42 Å². The van der Waals surface area contributed by atoms with E-state index in [1.165, 1.54) is 7.05 Å². The zero-order valence-corrected chi connectivity index (χ0v) is 13.2. The highest BCUT2D eigenvalue weighted by Gasteiger charge is 2.09. The van der Waals surface area contributed by atoms with Crippen molar-refractivity contribution in [1.29, 1.82) is 0 Å². The van der Waals surface area contributed by atoms with Crippen LogP contribution in [-0.2, 0) is 10.0 Å². The first-order chi connectivity index (χ1) is 9.94. The third-order valence-corrected chi connectivity index (χ3v) is 4.77. The summed E-state index contributed by atoms with van der Waals surface area (Å²) in [5.74, 6) is 0.00881. The molecule has 0 aliphatic heterocycles. The first-order valence-corrected chi connectivity index (χ1v) is 8.47. The second-order valence-electron chi connectivity index (χ2n) is 4.52. The molecule has 5 nitrogen and oxygen atoms in total. The van der Waals surface area contributed by atoms with Gasteiger partial charge in [-0.25, -0.2) is 13.1 Å². The summed E-state index contributed by atoms with van der Waals surface area (Å²) in [6.07, 6.45) is 0. The molecule has 0 radical (unpaired) electrons. The summed E-state index contributed by atoms with van der Waals surface area (Å²) in [5.41, 5.74) is 7.40. The molecule has 0 spiro atoms. The number of hydrogen-bond acceptors (Lipinski definition) is 4. The number of sulfonamides is 1. The minimum Gasteiger partial charge on any atom is -0.389 e. The second-order valence-corrected chi connectivity index (χ2v) is 7.01. The highest BCUT2D eigenvalue weighted by Crippen LogP contribution is 2.26. The normalized spacial score (nSPS) is 11.5. The lowest BCUT2D eigenvalue weighted by Crippen LogP contribution is -2.26. The fraction of sp³-hybridized carbons (Fsp3) is 0.214. The maximum atomic E-state index is 11.4. The molecule has 0 atom stereocenters. The molecule has 0 aromatic heterocycles. The number of hydrogen-bond donors (Lipinski definition) is 3. The van der Waals surface area contributed by atoms with Crippen LogP contribution in [-0.4, -0.2) is 32.8 Å². The number of fused-ring (bicyclic) bond motifs is 1. The average Bonchev–Trinajstić information content (AvgIpc) is 2.47. The monoisotopic (exact) mass is 323 g/mol. The summed E-state index contributed by atoms with van der Waals surface area (Å²) in [6.45, 7) is 0.319. The van der Waals surface area contributed by atoms with Gasteiger partial charge in [0.15, 0.2) is 0 Å². The Morgan fingerprint density at radius 3 is 2.48 bits per heavy atom. The lowest BCUT2D eigenvalue weighted by molar-refractivity contribution is 0.588. The number of anilines is 1. The molecule has 21 heavy (non-hydrogen) atoms. The Labute approximate surface area is 129 Å². The van der Waals surface area contributed by atoms with Gasteiger partial charge in [-0.1, -0.05) is 36.5 Å². The summed E-state index contributed by atoms with van der Waals surface area (Å²) in [4.78, 5) is 0.343. The number of benzene rings is 2. The summed E-state index contributed by atoms with van der Waals surface area (Å²) in [7, 11) is -1.81. The fourth-order valence-corrected chi connectivity index (χ4v) is 2.84. The van der Waals surface area contributed by atoms with Crippen LogP contribution >= 0.6 is 12.2 Å². The van der Waals surface area contributed by atoms with Gasteiger partial charge in [-0.3, -0.25) is 0 Å². The minimum absolute atomic E-state index is 0.00881. The van der Waals surface area contributed by atoms with E-state index >= 15 is 0 Å². The molecule has 0 saturated heterocycles. The van der Waals surface area contributed by atoms with Crippen molar-refractivity contribution in [3.05, 3.63) is 42.0 Å². The number of thiocarbonyl (C=S) groups is 1. The number of rotatable bonds is 6. The van der Waals surface area contributed by atoms with Crippen LogP contribution in [0.15, 0.2) is 36.4 Å². The van der Waals surface area contributed by atoms with Crippen molar-refractivity contribution in [1.82, 2.24) is 4.72 Å². The van der Waals surface area contributed by atoms with Gasteiger partial charge >= 0.3 is 0 Å². The van der Waals surface area contributed by atoms with Gasteiger partial charge in [0.1, 0.15) is 4.99 Å². The lowest BCUT2D eigenvalue weighted by Gasteiger charge is -2.12. The summed E-state index contributed by atoms with van der Waals surface area (Å²) < 4.78 is 25.1. The number of nitrogens with one attached hydrogen (secondary N) is 2. The largest absolute Gasteiger partial charge is 0.389 e. The molecule has 4 N–H and O–H groups in total. The summed E-state index contributed by atoms with van der Waals surface area (Å²) in [6, 6.07) is 11.4. The average molecular weight is 323 g/mol. The quantitative estimate of drug-likeness (QED) is 0.701. The lowest BCUT2D eigenvalue weighted by atomic mass is 10.0. The van der Waals surface area contributed by atoms with E-state index in [2.05, 4.69) is 10.0 Å². The molecule has 0 fully saturated rings. The van der Waals surface area contributed by atoms with E-state index in [4.69, 9.17) is 18.0 Å². The van der Waals surface area contributed by atoms with E-state index in [1.807, 2.05) is 36.4 Å². The fourth-order valence-electron chi connectivity index (χ4n) is 2.09.